The molecule has 2 amide bonds. The number of rotatable bonds is 16. The van der Waals surface area contributed by atoms with Crippen molar-refractivity contribution in [2.75, 3.05) is 42.7 Å². The number of amides is 2. The quantitative estimate of drug-likeness (QED) is 0.0696. The van der Waals surface area contributed by atoms with Crippen LogP contribution in [0.3, 0.4) is 0 Å². The summed E-state index contributed by atoms with van der Waals surface area (Å²) in [5.74, 6) is -0.974. The van der Waals surface area contributed by atoms with Crippen molar-refractivity contribution in [3.05, 3.63) is 137 Å². The molecule has 6 rings (SSSR count). The van der Waals surface area contributed by atoms with Crippen molar-refractivity contribution in [3.63, 3.8) is 0 Å². The molecule has 334 valence electrons. The Morgan fingerprint density at radius 3 is 2.16 bits per heavy atom. The lowest BCUT2D eigenvalue weighted by Gasteiger charge is -2.36. The smallest absolute Gasteiger partial charge is 0.465 e. The summed E-state index contributed by atoms with van der Waals surface area (Å²) in [7, 11) is -9.78. The molecule has 0 saturated carbocycles. The van der Waals surface area contributed by atoms with E-state index >= 15 is 0 Å². The Hall–Kier alpha value is -5.27. The maximum Gasteiger partial charge on any atom is 0.501 e. The first-order chi connectivity index (χ1) is 29.8. The number of carboxylic acid groups (broad SMARTS) is 1. The molecule has 2 atom stereocenters. The highest BCUT2D eigenvalue weighted by Gasteiger charge is 2.48. The van der Waals surface area contributed by atoms with Crippen molar-refractivity contribution < 1.29 is 49.8 Å². The number of hydrogen-bond donors (Lipinski definition) is 4. The highest BCUT2D eigenvalue weighted by atomic mass is 35.5. The molecule has 0 bridgehead atoms. The number of sulfonamides is 1. The second-order valence-electron chi connectivity index (χ2n) is 14.9. The summed E-state index contributed by atoms with van der Waals surface area (Å²) in [6.07, 6.45) is -0.605. The van der Waals surface area contributed by atoms with Crippen LogP contribution in [0.4, 0.5) is 29.3 Å². The molecule has 19 heteroatoms. The summed E-state index contributed by atoms with van der Waals surface area (Å²) in [6, 6.07) is 31.3. The Labute approximate surface area is 373 Å². The van der Waals surface area contributed by atoms with Crippen LogP contribution in [0.1, 0.15) is 41.3 Å². The van der Waals surface area contributed by atoms with E-state index in [9.17, 15) is 49.8 Å². The fraction of sp³-hybridized carbons (Fsp3) is 0.273. The predicted molar refractivity (Wildman–Crippen MR) is 237 cm³/mol. The van der Waals surface area contributed by atoms with Crippen LogP contribution in [0.15, 0.2) is 136 Å². The maximum atomic E-state index is 14.1. The zero-order valence-electron chi connectivity index (χ0n) is 33.7. The van der Waals surface area contributed by atoms with Gasteiger partial charge in [-0.15, -0.1) is 11.8 Å². The van der Waals surface area contributed by atoms with Crippen molar-refractivity contribution in [1.29, 1.82) is 0 Å². The van der Waals surface area contributed by atoms with E-state index in [2.05, 4.69) is 10.2 Å². The van der Waals surface area contributed by atoms with Crippen LogP contribution in [0.2, 0.25) is 5.02 Å². The van der Waals surface area contributed by atoms with Gasteiger partial charge in [-0.2, -0.15) is 13.2 Å². The van der Waals surface area contributed by atoms with Gasteiger partial charge in [0, 0.05) is 59.6 Å². The molecule has 0 unspecified atom stereocenters. The Kier molecular flexibility index (Phi) is 15.0. The van der Waals surface area contributed by atoms with E-state index in [0.717, 1.165) is 44.3 Å². The molecule has 0 radical (unpaired) electrons. The van der Waals surface area contributed by atoms with Crippen molar-refractivity contribution in [2.24, 2.45) is 5.92 Å². The summed E-state index contributed by atoms with van der Waals surface area (Å²) >= 11 is 7.37. The number of sulfone groups is 1. The molecule has 5 aromatic carbocycles. The van der Waals surface area contributed by atoms with E-state index in [0.29, 0.717) is 37.0 Å². The van der Waals surface area contributed by atoms with Gasteiger partial charge in [-0.1, -0.05) is 66.2 Å². The Bertz CT molecular complexity index is 2620. The van der Waals surface area contributed by atoms with E-state index in [1.165, 1.54) is 30.9 Å². The molecule has 0 spiro atoms. The third-order valence-corrected chi connectivity index (χ3v) is 15.0. The number of piperidine rings is 1. The fourth-order valence-corrected chi connectivity index (χ4v) is 10.3. The second-order valence-corrected chi connectivity index (χ2v) is 20.0. The third kappa shape index (κ3) is 11.7. The molecule has 4 N–H and O–H groups in total. The number of aliphatic hydroxyl groups excluding tert-OH is 1. The lowest BCUT2D eigenvalue weighted by molar-refractivity contribution is -0.0436. The van der Waals surface area contributed by atoms with E-state index in [1.807, 2.05) is 41.1 Å². The normalized spacial score (nSPS) is 14.7. The monoisotopic (exact) mass is 944 g/mol. The highest BCUT2D eigenvalue weighted by molar-refractivity contribution is 7.99. The third-order valence-electron chi connectivity index (χ3n) is 10.7. The van der Waals surface area contributed by atoms with Crippen molar-refractivity contribution in [2.45, 2.75) is 51.6 Å². The predicted octanol–water partition coefficient (Wildman–Crippen LogP) is 8.94. The molecule has 1 aliphatic heterocycles. The number of benzene rings is 5. The van der Waals surface area contributed by atoms with Crippen LogP contribution in [0, 0.1) is 5.92 Å². The minimum atomic E-state index is -6.15. The van der Waals surface area contributed by atoms with E-state index in [-0.39, 0.29) is 30.2 Å². The Morgan fingerprint density at radius 2 is 1.52 bits per heavy atom. The number of aliphatic hydroxyl groups is 1. The number of anilines is 2. The van der Waals surface area contributed by atoms with Crippen molar-refractivity contribution in [1.82, 2.24) is 9.62 Å². The number of halogens is 4. The number of carbonyl (C=O) groups is 2. The van der Waals surface area contributed by atoms with Gasteiger partial charge in [0.25, 0.3) is 25.8 Å². The molecular formula is C44H44ClF3N4O8S3. The van der Waals surface area contributed by atoms with E-state index < -0.39 is 65.0 Å². The second kappa shape index (κ2) is 20.1. The summed E-state index contributed by atoms with van der Waals surface area (Å²) < 4.78 is 96.7. The first-order valence-corrected chi connectivity index (χ1v) is 24.0. The SMILES string of the molecule is CN(CC[C@H](CSc1ccccc1)Nc1ccc(S(=O)(=O)NC(=O)c2ccc(N3CCC([C@H](O)c4ccccc4-c4ccc(Cl)cc4)CC3)cc2)cc1S(=O)(=O)C(F)(F)F)C(=O)O. The zero-order chi connectivity index (χ0) is 45.5. The molecule has 1 heterocycles. The first-order valence-electron chi connectivity index (χ1n) is 19.6. The highest BCUT2D eigenvalue weighted by Crippen LogP contribution is 2.39. The summed E-state index contributed by atoms with van der Waals surface area (Å²) in [6.45, 7) is 1.11. The minimum Gasteiger partial charge on any atom is -0.465 e. The molecule has 1 aliphatic rings. The molecule has 63 heavy (non-hydrogen) atoms. The van der Waals surface area contributed by atoms with Gasteiger partial charge in [0.15, 0.2) is 0 Å². The molecule has 0 aromatic heterocycles. The number of alkyl halides is 3. The van der Waals surface area contributed by atoms with Gasteiger partial charge >= 0.3 is 11.6 Å². The van der Waals surface area contributed by atoms with Gasteiger partial charge in [0.05, 0.1) is 16.7 Å². The van der Waals surface area contributed by atoms with E-state index in [4.69, 9.17) is 11.6 Å². The van der Waals surface area contributed by atoms with Crippen LogP contribution in [-0.2, 0) is 19.9 Å². The number of nitrogens with one attached hydrogen (secondary N) is 2. The number of carbonyl (C=O) groups excluding carboxylic acids is 1. The van der Waals surface area contributed by atoms with E-state index in [1.54, 1.807) is 54.6 Å². The summed E-state index contributed by atoms with van der Waals surface area (Å²) in [4.78, 5) is 26.2. The first kappa shape index (κ1) is 47.2. The average molecular weight is 946 g/mol. The number of thioether (sulfide) groups is 1. The van der Waals surface area contributed by atoms with Gasteiger partial charge in [-0.25, -0.2) is 26.4 Å². The van der Waals surface area contributed by atoms with Crippen molar-refractivity contribution >= 4 is 66.6 Å². The minimum absolute atomic E-state index is 0.0349. The molecule has 1 saturated heterocycles. The summed E-state index contributed by atoms with van der Waals surface area (Å²) in [5.41, 5.74) is -3.07. The van der Waals surface area contributed by atoms with Gasteiger partial charge in [0.2, 0.25) is 0 Å². The lowest BCUT2D eigenvalue weighted by Crippen LogP contribution is -2.36. The molecular weight excluding hydrogens is 901 g/mol. The standard InChI is InChI=1S/C44H44ClF3N4O8S3/c1-51(43(55)56)24-23-33(28-61-35-7-3-2-4-8-35)49-39-20-19-36(27-40(39)62(57,58)44(46,47)48)63(59,60)50-42(54)31-13-17-34(18-14-31)52-25-21-30(22-26-52)41(53)38-10-6-5-9-37(38)29-11-15-32(45)16-12-29/h2-20,27,30,33,41,49,53H,21-26,28H2,1H3,(H,50,54)(H,55,56)/t33-,41+/m1/s1. The largest absolute Gasteiger partial charge is 0.501 e. The molecule has 5 aromatic rings. The van der Waals surface area contributed by atoms with Crippen LogP contribution >= 0.6 is 23.4 Å². The Balaban J connectivity index is 1.14. The molecule has 1 fully saturated rings. The zero-order valence-corrected chi connectivity index (χ0v) is 36.9. The van der Waals surface area contributed by atoms with Crippen LogP contribution in [0.25, 0.3) is 11.1 Å². The number of nitrogens with zero attached hydrogens (tertiary/aromatic N) is 2. The van der Waals surface area contributed by atoms with Gasteiger partial charge in [-0.05, 0) is 109 Å². The fourth-order valence-electron chi connectivity index (χ4n) is 7.15. The number of hydrogen-bond acceptors (Lipinski definition) is 10. The maximum absolute atomic E-state index is 14.1. The van der Waals surface area contributed by atoms with Crippen LogP contribution < -0.4 is 14.9 Å². The topological polar surface area (TPSA) is 173 Å². The summed E-state index contributed by atoms with van der Waals surface area (Å²) in [5, 5.41) is 24.2. The van der Waals surface area contributed by atoms with Gasteiger partial charge in [0.1, 0.15) is 4.90 Å². The Morgan fingerprint density at radius 1 is 0.889 bits per heavy atom. The lowest BCUT2D eigenvalue weighted by atomic mass is 9.84. The van der Waals surface area contributed by atoms with Gasteiger partial charge in [-0.3, -0.25) is 4.79 Å². The molecule has 0 aliphatic carbocycles. The molecule has 12 nitrogen and oxygen atoms in total. The van der Waals surface area contributed by atoms with Gasteiger partial charge < -0.3 is 25.3 Å². The van der Waals surface area contributed by atoms with Crippen LogP contribution in [-0.4, -0.2) is 87.9 Å². The average Bonchev–Trinajstić information content (AvgIpc) is 3.27. The van der Waals surface area contributed by atoms with Crippen LogP contribution in [0.5, 0.6) is 0 Å². The van der Waals surface area contributed by atoms with Crippen molar-refractivity contribution in [3.8, 4) is 11.1 Å².